The molecule has 0 spiro atoms. The molecular formula is C10H12N2O4. The molecule has 16 heavy (non-hydrogen) atoms. The first kappa shape index (κ1) is 10.8. The second-order valence-electron chi connectivity index (χ2n) is 3.67. The van der Waals surface area contributed by atoms with Crippen LogP contribution >= 0.6 is 0 Å². The summed E-state index contributed by atoms with van der Waals surface area (Å²) in [6, 6.07) is 1.21. The van der Waals surface area contributed by atoms with E-state index in [9.17, 15) is 9.59 Å². The molecule has 0 aliphatic carbocycles. The zero-order chi connectivity index (χ0) is 11.5. The van der Waals surface area contributed by atoms with Crippen molar-refractivity contribution in [3.8, 4) is 0 Å². The Morgan fingerprint density at radius 2 is 2.50 bits per heavy atom. The summed E-state index contributed by atoms with van der Waals surface area (Å²) in [6.07, 6.45) is 3.14. The summed E-state index contributed by atoms with van der Waals surface area (Å²) >= 11 is 0. The quantitative estimate of drug-likeness (QED) is 0.788. The Bertz CT molecular complexity index is 448. The van der Waals surface area contributed by atoms with E-state index in [0.717, 1.165) is 17.5 Å². The number of carbonyl (C=O) groups is 1. The van der Waals surface area contributed by atoms with E-state index in [-0.39, 0.29) is 11.7 Å². The van der Waals surface area contributed by atoms with Gasteiger partial charge in [-0.05, 0) is 18.9 Å². The summed E-state index contributed by atoms with van der Waals surface area (Å²) in [5, 5.41) is 12.6. The van der Waals surface area contributed by atoms with Gasteiger partial charge in [0.25, 0.3) is 5.56 Å². The largest absolute Gasteiger partial charge is 0.477 e. The maximum absolute atomic E-state index is 11.7. The van der Waals surface area contributed by atoms with Gasteiger partial charge in [0.2, 0.25) is 0 Å². The first-order valence-electron chi connectivity index (χ1n) is 5.09. The van der Waals surface area contributed by atoms with Crippen molar-refractivity contribution in [2.45, 2.75) is 25.5 Å². The fraction of sp³-hybridized carbons (Fsp3) is 0.500. The Kier molecular flexibility index (Phi) is 3.00. The van der Waals surface area contributed by atoms with Crippen molar-refractivity contribution in [2.24, 2.45) is 0 Å². The lowest BCUT2D eigenvalue weighted by atomic mass is 10.2. The van der Waals surface area contributed by atoms with Crippen LogP contribution in [0.1, 0.15) is 23.2 Å². The SMILES string of the molecule is O=C(O)c1ccnn(C[C@H]2CCCO2)c1=O. The molecule has 1 aromatic rings. The van der Waals surface area contributed by atoms with Crippen LogP contribution in [-0.4, -0.2) is 33.6 Å². The van der Waals surface area contributed by atoms with Crippen molar-refractivity contribution < 1.29 is 14.6 Å². The number of nitrogens with zero attached hydrogens (tertiary/aromatic N) is 2. The number of carboxylic acid groups (broad SMARTS) is 1. The van der Waals surface area contributed by atoms with Crippen molar-refractivity contribution in [1.82, 2.24) is 9.78 Å². The van der Waals surface area contributed by atoms with E-state index in [0.29, 0.717) is 13.2 Å². The average molecular weight is 224 g/mol. The van der Waals surface area contributed by atoms with Gasteiger partial charge in [-0.15, -0.1) is 0 Å². The molecule has 2 rings (SSSR count). The van der Waals surface area contributed by atoms with Crippen LogP contribution in [0.2, 0.25) is 0 Å². The normalized spacial score (nSPS) is 19.9. The number of ether oxygens (including phenoxy) is 1. The molecule has 1 aliphatic heterocycles. The number of carboxylic acids is 1. The highest BCUT2D eigenvalue weighted by Crippen LogP contribution is 2.12. The van der Waals surface area contributed by atoms with Crippen molar-refractivity contribution in [2.75, 3.05) is 6.61 Å². The van der Waals surface area contributed by atoms with Gasteiger partial charge in [-0.2, -0.15) is 5.10 Å². The van der Waals surface area contributed by atoms with Crippen molar-refractivity contribution in [3.05, 3.63) is 28.2 Å². The topological polar surface area (TPSA) is 81.4 Å². The van der Waals surface area contributed by atoms with Gasteiger partial charge in [0.05, 0.1) is 12.6 Å². The Balaban J connectivity index is 2.24. The van der Waals surface area contributed by atoms with Crippen LogP contribution in [0.15, 0.2) is 17.1 Å². The van der Waals surface area contributed by atoms with Crippen LogP contribution in [0.25, 0.3) is 0 Å². The molecule has 0 unspecified atom stereocenters. The van der Waals surface area contributed by atoms with Crippen LogP contribution in [-0.2, 0) is 11.3 Å². The first-order valence-corrected chi connectivity index (χ1v) is 5.09. The van der Waals surface area contributed by atoms with Crippen molar-refractivity contribution in [1.29, 1.82) is 0 Å². The summed E-state index contributed by atoms with van der Waals surface area (Å²) in [5.74, 6) is -1.23. The molecule has 6 nitrogen and oxygen atoms in total. The Labute approximate surface area is 91.5 Å². The summed E-state index contributed by atoms with van der Waals surface area (Å²) in [7, 11) is 0. The van der Waals surface area contributed by atoms with Gasteiger partial charge in [0.15, 0.2) is 0 Å². The third kappa shape index (κ3) is 2.11. The summed E-state index contributed by atoms with van der Waals surface area (Å²) in [4.78, 5) is 22.4. The summed E-state index contributed by atoms with van der Waals surface area (Å²) < 4.78 is 6.52. The first-order chi connectivity index (χ1) is 7.68. The molecule has 1 fully saturated rings. The van der Waals surface area contributed by atoms with E-state index in [1.807, 2.05) is 0 Å². The van der Waals surface area contributed by atoms with Crippen LogP contribution in [0.5, 0.6) is 0 Å². The molecule has 1 N–H and O–H groups in total. The lowest BCUT2D eigenvalue weighted by Crippen LogP contribution is -2.31. The van der Waals surface area contributed by atoms with Crippen molar-refractivity contribution >= 4 is 5.97 Å². The monoisotopic (exact) mass is 224 g/mol. The highest BCUT2D eigenvalue weighted by atomic mass is 16.5. The minimum atomic E-state index is -1.23. The molecule has 1 atom stereocenters. The Morgan fingerprint density at radius 3 is 3.12 bits per heavy atom. The van der Waals surface area contributed by atoms with Gasteiger partial charge in [-0.3, -0.25) is 4.79 Å². The fourth-order valence-corrected chi connectivity index (χ4v) is 1.73. The standard InChI is InChI=1S/C10H12N2O4/c13-9-8(10(14)15)3-4-11-12(9)6-7-2-1-5-16-7/h3-4,7H,1-2,5-6H2,(H,14,15)/t7-/m1/s1. The average Bonchev–Trinajstić information content (AvgIpc) is 2.73. The summed E-state index contributed by atoms with van der Waals surface area (Å²) in [6.45, 7) is 1.01. The van der Waals surface area contributed by atoms with E-state index in [1.165, 1.54) is 12.3 Å². The van der Waals surface area contributed by atoms with E-state index in [2.05, 4.69) is 5.10 Å². The van der Waals surface area contributed by atoms with Crippen LogP contribution in [0.3, 0.4) is 0 Å². The minimum absolute atomic E-state index is 0.0331. The van der Waals surface area contributed by atoms with E-state index < -0.39 is 11.5 Å². The molecule has 1 aromatic heterocycles. The zero-order valence-corrected chi connectivity index (χ0v) is 8.63. The number of rotatable bonds is 3. The van der Waals surface area contributed by atoms with Crippen LogP contribution < -0.4 is 5.56 Å². The molecule has 0 aromatic carbocycles. The minimum Gasteiger partial charge on any atom is -0.477 e. The van der Waals surface area contributed by atoms with Gasteiger partial charge < -0.3 is 9.84 Å². The summed E-state index contributed by atoms with van der Waals surface area (Å²) in [5.41, 5.74) is -0.835. The molecule has 0 radical (unpaired) electrons. The fourth-order valence-electron chi connectivity index (χ4n) is 1.73. The molecule has 0 bridgehead atoms. The maximum atomic E-state index is 11.7. The van der Waals surface area contributed by atoms with Gasteiger partial charge in [0, 0.05) is 12.8 Å². The third-order valence-corrected chi connectivity index (χ3v) is 2.54. The Morgan fingerprint density at radius 1 is 1.69 bits per heavy atom. The molecule has 86 valence electrons. The molecule has 1 saturated heterocycles. The molecule has 1 aliphatic rings. The smallest absolute Gasteiger partial charge is 0.341 e. The second-order valence-corrected chi connectivity index (χ2v) is 3.67. The van der Waals surface area contributed by atoms with E-state index in [1.54, 1.807) is 0 Å². The van der Waals surface area contributed by atoms with Gasteiger partial charge in [0.1, 0.15) is 5.56 Å². The second kappa shape index (κ2) is 4.44. The molecule has 0 saturated carbocycles. The third-order valence-electron chi connectivity index (χ3n) is 2.54. The highest BCUT2D eigenvalue weighted by molar-refractivity contribution is 5.86. The van der Waals surface area contributed by atoms with Crippen molar-refractivity contribution in [3.63, 3.8) is 0 Å². The Hall–Kier alpha value is -1.69. The van der Waals surface area contributed by atoms with Gasteiger partial charge >= 0.3 is 5.97 Å². The molecule has 2 heterocycles. The predicted molar refractivity (Wildman–Crippen MR) is 54.4 cm³/mol. The van der Waals surface area contributed by atoms with Gasteiger partial charge in [-0.25, -0.2) is 9.48 Å². The van der Waals surface area contributed by atoms with Crippen LogP contribution in [0.4, 0.5) is 0 Å². The maximum Gasteiger partial charge on any atom is 0.341 e. The number of aromatic nitrogens is 2. The number of aromatic carboxylic acids is 1. The molecule has 0 amide bonds. The lowest BCUT2D eigenvalue weighted by molar-refractivity contribution is 0.0689. The van der Waals surface area contributed by atoms with E-state index >= 15 is 0 Å². The lowest BCUT2D eigenvalue weighted by Gasteiger charge is -2.10. The van der Waals surface area contributed by atoms with Gasteiger partial charge in [-0.1, -0.05) is 0 Å². The van der Waals surface area contributed by atoms with E-state index in [4.69, 9.17) is 9.84 Å². The van der Waals surface area contributed by atoms with Crippen LogP contribution in [0, 0.1) is 0 Å². The molecule has 6 heteroatoms. The number of hydrogen-bond acceptors (Lipinski definition) is 4. The molecular weight excluding hydrogens is 212 g/mol. The number of hydrogen-bond donors (Lipinski definition) is 1. The zero-order valence-electron chi connectivity index (χ0n) is 8.63. The predicted octanol–water partition coefficient (Wildman–Crippen LogP) is 0.121. The highest BCUT2D eigenvalue weighted by Gasteiger charge is 2.18.